The van der Waals surface area contributed by atoms with Gasteiger partial charge in [-0.1, -0.05) is 11.8 Å². The minimum Gasteiger partial charge on any atom is -0.497 e. The van der Waals surface area contributed by atoms with Crippen LogP contribution in [0.4, 0.5) is 0 Å². The Bertz CT molecular complexity index is 972. The van der Waals surface area contributed by atoms with E-state index in [4.69, 9.17) is 14.2 Å². The molecule has 3 rings (SSSR count). The number of rotatable bonds is 8. The van der Waals surface area contributed by atoms with Gasteiger partial charge in [0.2, 0.25) is 5.16 Å². The summed E-state index contributed by atoms with van der Waals surface area (Å²) in [5.74, 6) is 1.64. The smallest absolute Gasteiger partial charge is 0.310 e. The Morgan fingerprint density at radius 1 is 1.11 bits per heavy atom. The molecule has 0 saturated heterocycles. The average Bonchev–Trinajstić information content (AvgIpc) is 3.12. The second-order valence-corrected chi connectivity index (χ2v) is 6.77. The van der Waals surface area contributed by atoms with E-state index in [0.717, 1.165) is 22.7 Å². The zero-order valence-electron chi connectivity index (χ0n) is 16.3. The summed E-state index contributed by atoms with van der Waals surface area (Å²) in [6, 6.07) is 7.22. The lowest BCUT2D eigenvalue weighted by Gasteiger charge is -2.11. The molecular weight excluding hydrogens is 380 g/mol. The Balaban J connectivity index is 1.55. The summed E-state index contributed by atoms with van der Waals surface area (Å²) in [6.45, 7) is 4.19. The molecule has 0 radical (unpaired) electrons. The van der Waals surface area contributed by atoms with Crippen LogP contribution in [0.15, 0.2) is 29.4 Å². The van der Waals surface area contributed by atoms with Gasteiger partial charge < -0.3 is 14.2 Å². The Kier molecular flexibility index (Phi) is 6.35. The topological polar surface area (TPSA) is 87.8 Å². The second kappa shape index (κ2) is 8.92. The zero-order chi connectivity index (χ0) is 20.1. The maximum absolute atomic E-state index is 12.2. The number of aryl methyl sites for hydroxylation is 2. The first-order chi connectivity index (χ1) is 13.5. The number of carbonyl (C=O) groups excluding carboxylic acids is 1. The van der Waals surface area contributed by atoms with Crippen LogP contribution >= 0.6 is 11.8 Å². The summed E-state index contributed by atoms with van der Waals surface area (Å²) in [5, 5.41) is 5.03. The SMILES string of the molecule is COc1ccc(OCCOC(=O)Cc2c(C)nc3nc(SC)nn3c2C)cc1. The monoisotopic (exact) mass is 402 g/mol. The number of esters is 1. The van der Waals surface area contributed by atoms with E-state index < -0.39 is 0 Å². The lowest BCUT2D eigenvalue weighted by molar-refractivity contribution is -0.143. The summed E-state index contributed by atoms with van der Waals surface area (Å²) in [7, 11) is 1.61. The minimum atomic E-state index is -0.337. The first-order valence-corrected chi connectivity index (χ1v) is 9.93. The lowest BCUT2D eigenvalue weighted by atomic mass is 10.1. The first kappa shape index (κ1) is 19.9. The van der Waals surface area contributed by atoms with Gasteiger partial charge in [0.05, 0.1) is 13.5 Å². The quantitative estimate of drug-likeness (QED) is 0.323. The fraction of sp³-hybridized carbons (Fsp3) is 0.368. The molecule has 0 aliphatic heterocycles. The highest BCUT2D eigenvalue weighted by atomic mass is 32.2. The van der Waals surface area contributed by atoms with Gasteiger partial charge in [-0.3, -0.25) is 4.79 Å². The molecule has 28 heavy (non-hydrogen) atoms. The third-order valence-corrected chi connectivity index (χ3v) is 4.75. The van der Waals surface area contributed by atoms with Crippen LogP contribution in [0, 0.1) is 13.8 Å². The maximum Gasteiger partial charge on any atom is 0.310 e. The van der Waals surface area contributed by atoms with Gasteiger partial charge in [0.1, 0.15) is 24.7 Å². The molecule has 2 heterocycles. The van der Waals surface area contributed by atoms with E-state index in [-0.39, 0.29) is 25.6 Å². The molecule has 0 saturated carbocycles. The van der Waals surface area contributed by atoms with Crippen LogP contribution in [-0.4, -0.2) is 52.1 Å². The summed E-state index contributed by atoms with van der Waals surface area (Å²) in [6.07, 6.45) is 2.03. The number of benzene rings is 1. The van der Waals surface area contributed by atoms with Gasteiger partial charge in [0, 0.05) is 17.0 Å². The average molecular weight is 402 g/mol. The predicted molar refractivity (Wildman–Crippen MR) is 105 cm³/mol. The van der Waals surface area contributed by atoms with E-state index in [0.29, 0.717) is 16.7 Å². The van der Waals surface area contributed by atoms with Crippen molar-refractivity contribution in [2.45, 2.75) is 25.4 Å². The molecule has 0 amide bonds. The van der Waals surface area contributed by atoms with Crippen molar-refractivity contribution in [3.05, 3.63) is 41.2 Å². The van der Waals surface area contributed by atoms with Crippen LogP contribution in [0.3, 0.4) is 0 Å². The van der Waals surface area contributed by atoms with E-state index >= 15 is 0 Å². The van der Waals surface area contributed by atoms with E-state index in [2.05, 4.69) is 15.1 Å². The van der Waals surface area contributed by atoms with E-state index in [1.54, 1.807) is 23.8 Å². The van der Waals surface area contributed by atoms with Crippen molar-refractivity contribution in [2.24, 2.45) is 0 Å². The number of thioether (sulfide) groups is 1. The van der Waals surface area contributed by atoms with Crippen molar-refractivity contribution in [3.63, 3.8) is 0 Å². The zero-order valence-corrected chi connectivity index (χ0v) is 17.1. The standard InChI is InChI=1S/C19H22N4O4S/c1-12-16(13(2)23-18(20-12)21-19(22-23)28-4)11-17(24)27-10-9-26-15-7-5-14(25-3)6-8-15/h5-8H,9-11H2,1-4H3. The van der Waals surface area contributed by atoms with Gasteiger partial charge >= 0.3 is 5.97 Å². The second-order valence-electron chi connectivity index (χ2n) is 5.99. The molecule has 0 fully saturated rings. The van der Waals surface area contributed by atoms with E-state index in [9.17, 15) is 4.79 Å². The molecule has 1 aromatic carbocycles. The Morgan fingerprint density at radius 2 is 1.82 bits per heavy atom. The maximum atomic E-state index is 12.2. The van der Waals surface area contributed by atoms with Crippen molar-refractivity contribution in [2.75, 3.05) is 26.6 Å². The first-order valence-electron chi connectivity index (χ1n) is 8.71. The van der Waals surface area contributed by atoms with Gasteiger partial charge in [0.15, 0.2) is 0 Å². The van der Waals surface area contributed by atoms with Crippen molar-refractivity contribution in [1.82, 2.24) is 19.6 Å². The molecule has 0 unspecified atom stereocenters. The fourth-order valence-corrected chi connectivity index (χ4v) is 3.05. The Labute approximate surface area is 167 Å². The number of carbonyl (C=O) groups is 1. The van der Waals surface area contributed by atoms with Gasteiger partial charge in [-0.2, -0.15) is 4.98 Å². The number of ether oxygens (including phenoxy) is 3. The number of hydrogen-bond acceptors (Lipinski definition) is 8. The highest BCUT2D eigenvalue weighted by Crippen LogP contribution is 2.18. The largest absolute Gasteiger partial charge is 0.497 e. The van der Waals surface area contributed by atoms with Gasteiger partial charge in [-0.05, 0) is 44.4 Å². The van der Waals surface area contributed by atoms with Gasteiger partial charge in [-0.15, -0.1) is 5.10 Å². The van der Waals surface area contributed by atoms with Crippen LogP contribution < -0.4 is 9.47 Å². The van der Waals surface area contributed by atoms with Crippen molar-refractivity contribution in [1.29, 1.82) is 0 Å². The molecule has 0 aliphatic rings. The predicted octanol–water partition coefficient (Wildman–Crippen LogP) is 2.64. The molecule has 9 heteroatoms. The van der Waals surface area contributed by atoms with Crippen molar-refractivity contribution >= 4 is 23.5 Å². The molecule has 2 aromatic heterocycles. The highest BCUT2D eigenvalue weighted by Gasteiger charge is 2.16. The molecule has 0 N–H and O–H groups in total. The Morgan fingerprint density at radius 3 is 2.50 bits per heavy atom. The molecular formula is C19H22N4O4S. The van der Waals surface area contributed by atoms with Crippen LogP contribution in [0.2, 0.25) is 0 Å². The fourth-order valence-electron chi connectivity index (χ4n) is 2.71. The summed E-state index contributed by atoms with van der Waals surface area (Å²) in [4.78, 5) is 21.0. The number of aromatic nitrogens is 4. The van der Waals surface area contributed by atoms with Crippen LogP contribution in [0.5, 0.6) is 11.5 Å². The third kappa shape index (κ3) is 4.53. The van der Waals surface area contributed by atoms with Crippen molar-refractivity contribution in [3.8, 4) is 11.5 Å². The van der Waals surface area contributed by atoms with E-state index in [1.807, 2.05) is 32.2 Å². The van der Waals surface area contributed by atoms with Gasteiger partial charge in [-0.25, -0.2) is 9.50 Å². The number of methoxy groups -OCH3 is 1. The minimum absolute atomic E-state index is 0.123. The molecule has 3 aromatic rings. The van der Waals surface area contributed by atoms with Crippen LogP contribution in [0.25, 0.3) is 5.78 Å². The number of hydrogen-bond donors (Lipinski definition) is 0. The summed E-state index contributed by atoms with van der Waals surface area (Å²) < 4.78 is 17.6. The summed E-state index contributed by atoms with van der Waals surface area (Å²) >= 11 is 1.45. The molecule has 0 bridgehead atoms. The molecule has 0 aliphatic carbocycles. The summed E-state index contributed by atoms with van der Waals surface area (Å²) in [5.41, 5.74) is 2.38. The van der Waals surface area contributed by atoms with E-state index in [1.165, 1.54) is 11.8 Å². The third-order valence-electron chi connectivity index (χ3n) is 4.21. The molecule has 0 spiro atoms. The molecule has 148 valence electrons. The lowest BCUT2D eigenvalue weighted by Crippen LogP contribution is -2.16. The van der Waals surface area contributed by atoms with Gasteiger partial charge in [0.25, 0.3) is 5.78 Å². The Hall–Kier alpha value is -2.81. The van der Waals surface area contributed by atoms with Crippen LogP contribution in [0.1, 0.15) is 17.0 Å². The van der Waals surface area contributed by atoms with Crippen LogP contribution in [-0.2, 0) is 16.0 Å². The highest BCUT2D eigenvalue weighted by molar-refractivity contribution is 7.98. The number of fused-ring (bicyclic) bond motifs is 1. The van der Waals surface area contributed by atoms with Crippen molar-refractivity contribution < 1.29 is 19.0 Å². The number of nitrogens with zero attached hydrogens (tertiary/aromatic N) is 4. The molecule has 8 nitrogen and oxygen atoms in total. The molecule has 0 atom stereocenters. The normalized spacial score (nSPS) is 10.9.